The summed E-state index contributed by atoms with van der Waals surface area (Å²) in [6, 6.07) is 3.68. The Morgan fingerprint density at radius 2 is 1.55 bits per heavy atom. The number of anilines is 1. The van der Waals surface area contributed by atoms with Crippen LogP contribution in [0.5, 0.6) is 0 Å². The number of amides is 6. The summed E-state index contributed by atoms with van der Waals surface area (Å²) in [4.78, 5) is 81.2. The van der Waals surface area contributed by atoms with Crippen LogP contribution in [0, 0.1) is 29.6 Å². The Kier molecular flexibility index (Phi) is 28.2. The number of ether oxygens (including phenoxy) is 14. The van der Waals surface area contributed by atoms with Crippen LogP contribution in [0.1, 0.15) is 130 Å². The van der Waals surface area contributed by atoms with Crippen LogP contribution in [-0.2, 0) is 92.1 Å². The van der Waals surface area contributed by atoms with Gasteiger partial charge in [-0.3, -0.25) is 19.2 Å². The van der Waals surface area contributed by atoms with Gasteiger partial charge in [-0.05, 0) is 111 Å². The van der Waals surface area contributed by atoms with E-state index in [2.05, 4.69) is 63.6 Å². The number of Topliss-reactive ketones (excluding diaryl/α,β-unsaturated/α-hetero) is 1. The molecule has 9 aliphatic heterocycles. The molecule has 9 heterocycles. The summed E-state index contributed by atoms with van der Waals surface area (Å²) in [7, 11) is 1.56. The number of hydrogen-bond acceptors (Lipinski definition) is 22. The quantitative estimate of drug-likeness (QED) is 0.0137. The van der Waals surface area contributed by atoms with Gasteiger partial charge in [0.2, 0.25) is 17.7 Å². The van der Waals surface area contributed by atoms with Crippen molar-refractivity contribution in [2.75, 3.05) is 91.5 Å². The number of benzene rings is 1. The number of nitrogens with one attached hydrogen (secondary N) is 5. The number of fused-ring (bicyclic) bond motifs is 2. The zero-order valence-electron chi connectivity index (χ0n) is 59.1. The van der Waals surface area contributed by atoms with Gasteiger partial charge < -0.3 is 104 Å². The number of ketones is 1. The number of carbonyl (C=O) groups is 6. The van der Waals surface area contributed by atoms with Crippen LogP contribution >= 0.6 is 0 Å². The van der Waals surface area contributed by atoms with Crippen LogP contribution in [0.25, 0.3) is 10.4 Å². The number of primary amides is 1. The number of urea groups is 1. The number of aliphatic hydroxyl groups is 1. The van der Waals surface area contributed by atoms with E-state index >= 15 is 0 Å². The van der Waals surface area contributed by atoms with Crippen molar-refractivity contribution < 1.29 is 100 Å². The van der Waals surface area contributed by atoms with Gasteiger partial charge in [0.05, 0.1) is 138 Å². The van der Waals surface area contributed by atoms with Crippen LogP contribution in [0.3, 0.4) is 0 Å². The lowest BCUT2D eigenvalue weighted by molar-refractivity contribution is -0.620. The van der Waals surface area contributed by atoms with Gasteiger partial charge in [-0.1, -0.05) is 51.2 Å². The zero-order chi connectivity index (χ0) is 71.8. The second-order valence-electron chi connectivity index (χ2n) is 28.8. The molecular formula is C71H107N9O21. The van der Waals surface area contributed by atoms with Crippen molar-refractivity contribution in [3.05, 3.63) is 64.6 Å². The standard InChI is InChI=1S/C71H107N9O21/c1-40(2)61(79-58(83)19-23-89-25-27-91-29-30-92-28-26-90-24-22-76-80-73)67(85)78-53(9-8-21-74-68(72)86)66(84)77-47-12-10-45(11-13-47)38-94-69(87)75-37-49(82)35-56-62(88-7)46(39-93-56)33-48(81)34-51-15-17-55-63(97-51)65-60-64(98-55)59-57-36-70(100-65,101-71(59,60)99-57)20-18-52-32-42(4)54(96-52)16-14-50-31-41(3)43(5)44(6)95-50/h10-13,40-41,44,46,49-57,59-65,82H,4-5,8-9,14-39H2,1-3,6-7H3,(H,75,87)(H,77,84)(H,78,85)(H,79,83)(H3,72,74,86)/t41-,44-,46?,49?,50?,51?,52?,53+,54?,55?,56?,57-,59?,60?,61+,62-,63+,64?,65?,70-,71?/m1/s1. The van der Waals surface area contributed by atoms with Crippen LogP contribution in [0.2, 0.25) is 0 Å². The minimum absolute atomic E-state index is 0.00611. The molecule has 3 bridgehead atoms. The highest BCUT2D eigenvalue weighted by molar-refractivity contribution is 5.98. The third-order valence-corrected chi connectivity index (χ3v) is 21.2. The lowest BCUT2D eigenvalue weighted by atomic mass is 9.51. The molecule has 30 nitrogen and oxygen atoms in total. The molecule has 9 saturated heterocycles. The van der Waals surface area contributed by atoms with Gasteiger partial charge >= 0.3 is 12.1 Å². The number of azide groups is 1. The molecule has 101 heavy (non-hydrogen) atoms. The number of carbonyl (C=O) groups excluding carboxylic acids is 6. The molecule has 1 aromatic rings. The van der Waals surface area contributed by atoms with E-state index < -0.39 is 71.8 Å². The minimum Gasteiger partial charge on any atom is -0.445 e. The summed E-state index contributed by atoms with van der Waals surface area (Å²) >= 11 is 0. The second kappa shape index (κ2) is 36.7. The van der Waals surface area contributed by atoms with Gasteiger partial charge in [0.15, 0.2) is 11.6 Å². The van der Waals surface area contributed by atoms with Gasteiger partial charge in [-0.25, -0.2) is 9.59 Å². The number of rotatable bonds is 42. The summed E-state index contributed by atoms with van der Waals surface area (Å²) < 4.78 is 86.3. The molecule has 21 atom stereocenters. The fourth-order valence-electron chi connectivity index (χ4n) is 15.9. The molecule has 0 aromatic heterocycles. The van der Waals surface area contributed by atoms with E-state index in [0.717, 1.165) is 44.1 Å². The molecule has 1 aromatic carbocycles. The van der Waals surface area contributed by atoms with Crippen LogP contribution in [0.15, 0.2) is 53.7 Å². The Morgan fingerprint density at radius 1 is 0.812 bits per heavy atom. The van der Waals surface area contributed by atoms with Crippen LogP contribution in [0.4, 0.5) is 15.3 Å². The first-order valence-electron chi connectivity index (χ1n) is 36.3. The maximum atomic E-state index is 13.9. The molecule has 562 valence electrons. The highest BCUT2D eigenvalue weighted by Gasteiger charge is 2.86. The summed E-state index contributed by atoms with van der Waals surface area (Å²) in [6.07, 6.45) is 4.13. The molecule has 10 fully saturated rings. The highest BCUT2D eigenvalue weighted by atomic mass is 16.8. The van der Waals surface area contributed by atoms with E-state index in [4.69, 9.17) is 77.6 Å². The van der Waals surface area contributed by atoms with Crippen molar-refractivity contribution in [3.63, 3.8) is 0 Å². The monoisotopic (exact) mass is 1420 g/mol. The third-order valence-electron chi connectivity index (χ3n) is 21.2. The fourth-order valence-corrected chi connectivity index (χ4v) is 15.9. The van der Waals surface area contributed by atoms with Gasteiger partial charge in [0.25, 0.3) is 0 Å². The predicted octanol–water partition coefficient (Wildman–Crippen LogP) is 5.64. The molecule has 11 rings (SSSR count). The lowest BCUT2D eigenvalue weighted by Gasteiger charge is -2.80. The van der Waals surface area contributed by atoms with E-state index in [9.17, 15) is 33.9 Å². The molecule has 1 aliphatic carbocycles. The van der Waals surface area contributed by atoms with E-state index in [-0.39, 0.29) is 182 Å². The maximum absolute atomic E-state index is 13.9. The van der Waals surface area contributed by atoms with Crippen molar-refractivity contribution in [1.82, 2.24) is 21.3 Å². The first-order valence-corrected chi connectivity index (χ1v) is 36.3. The van der Waals surface area contributed by atoms with E-state index in [1.54, 1.807) is 45.2 Å². The molecule has 10 aliphatic rings. The van der Waals surface area contributed by atoms with Gasteiger partial charge in [-0.2, -0.15) is 0 Å². The van der Waals surface area contributed by atoms with Gasteiger partial charge in [0, 0.05) is 81.8 Å². The van der Waals surface area contributed by atoms with Crippen molar-refractivity contribution >= 4 is 41.3 Å². The Morgan fingerprint density at radius 3 is 2.27 bits per heavy atom. The zero-order valence-corrected chi connectivity index (χ0v) is 59.1. The number of alkyl carbamates (subject to hydrolysis) is 1. The average Bonchev–Trinajstić information content (AvgIpc) is 1.09. The van der Waals surface area contributed by atoms with E-state index in [1.807, 2.05) is 0 Å². The summed E-state index contributed by atoms with van der Waals surface area (Å²) in [5.41, 5.74) is 16.8. The normalized spacial score (nSPS) is 32.7. The SMILES string of the molecule is C=C1CC(CC[C@]23C[C@H]4OC5(O2)C2C(OC6CCC(CC(=O)CC7COC(CC(O)CNC(=O)OCc8ccc(NC(=O)[C@H](CCCNC(N)=O)NC(=O)[C@@H](NC(=O)CCOCCOCCOCCOCCN=[N+]=[N-])C(C)C)cc8)[C@@H]7OC)O[C@@H]6C2O3)C45)OC1CCC1C[C@@H](C)C(=C)[C@@H](C)O1. The molecule has 13 unspecified atom stereocenters. The maximum Gasteiger partial charge on any atom is 0.407 e. The number of nitrogens with zero attached hydrogens (tertiary/aromatic N) is 3. The first-order chi connectivity index (χ1) is 48.6. The second-order valence-corrected chi connectivity index (χ2v) is 28.8. The number of hydrogen-bond donors (Lipinski definition) is 7. The van der Waals surface area contributed by atoms with Gasteiger partial charge in [-0.15, -0.1) is 0 Å². The minimum atomic E-state index is -1.08. The van der Waals surface area contributed by atoms with Crippen LogP contribution in [-0.4, -0.2) is 230 Å². The molecular weight excluding hydrogens is 1310 g/mol. The molecule has 1 spiro atoms. The van der Waals surface area contributed by atoms with Crippen molar-refractivity contribution in [3.8, 4) is 0 Å². The smallest absolute Gasteiger partial charge is 0.407 e. The molecule has 8 N–H and O–H groups in total. The highest BCUT2D eigenvalue weighted by Crippen LogP contribution is 2.73. The largest absolute Gasteiger partial charge is 0.445 e. The predicted molar refractivity (Wildman–Crippen MR) is 362 cm³/mol. The number of nitrogens with two attached hydrogens (primary N) is 1. The van der Waals surface area contributed by atoms with E-state index in [1.165, 1.54) is 5.57 Å². The Bertz CT molecular complexity index is 3020. The molecule has 0 radical (unpaired) electrons. The molecule has 6 amide bonds. The average molecular weight is 1420 g/mol. The third kappa shape index (κ3) is 20.3. The Hall–Kier alpha value is -5.93. The first kappa shape index (κ1) is 77.7. The molecule has 1 saturated carbocycles. The van der Waals surface area contributed by atoms with Crippen molar-refractivity contribution in [2.24, 2.45) is 40.4 Å². The summed E-state index contributed by atoms with van der Waals surface area (Å²) in [5.74, 6) is -3.28. The summed E-state index contributed by atoms with van der Waals surface area (Å²) in [6.45, 7) is 19.2. The lowest BCUT2D eigenvalue weighted by Crippen LogP contribution is -2.93. The fraction of sp³-hybridized carbons (Fsp3) is 0.775. The van der Waals surface area contributed by atoms with Crippen molar-refractivity contribution in [1.29, 1.82) is 0 Å². The van der Waals surface area contributed by atoms with Gasteiger partial charge in [0.1, 0.15) is 36.7 Å². The Balaban J connectivity index is 0.607. The van der Waals surface area contributed by atoms with Crippen LogP contribution < -0.4 is 32.3 Å². The van der Waals surface area contributed by atoms with Crippen molar-refractivity contribution in [2.45, 2.75) is 234 Å². The number of aliphatic hydroxyl groups excluding tert-OH is 1. The van der Waals surface area contributed by atoms with E-state index in [0.29, 0.717) is 69.5 Å². The summed E-state index contributed by atoms with van der Waals surface area (Å²) in [5, 5.41) is 27.8. The number of methoxy groups -OCH3 is 1. The topological polar surface area (TPSA) is 387 Å². The Labute approximate surface area is 590 Å². The molecule has 30 heteroatoms.